The Kier molecular flexibility index (Phi) is 6.93. The molecule has 36 heavy (non-hydrogen) atoms. The Labute approximate surface area is 203 Å². The molecular formula is C25H21F3N4O4. The van der Waals surface area contributed by atoms with Crippen molar-refractivity contribution in [2.45, 2.75) is 24.7 Å². The van der Waals surface area contributed by atoms with Crippen LogP contribution in [0.5, 0.6) is 5.88 Å². The minimum absolute atomic E-state index is 0.110. The first-order valence-electron chi connectivity index (χ1n) is 10.7. The quantitative estimate of drug-likeness (QED) is 0.320. The molecule has 5 N–H and O–H groups in total. The fraction of sp³-hybridized carbons (Fsp3) is 0.160. The maximum absolute atomic E-state index is 14.2. The fourth-order valence-electron chi connectivity index (χ4n) is 3.64. The van der Waals surface area contributed by atoms with E-state index in [-0.39, 0.29) is 29.5 Å². The van der Waals surface area contributed by atoms with Gasteiger partial charge in [-0.15, -0.1) is 0 Å². The summed E-state index contributed by atoms with van der Waals surface area (Å²) in [6.45, 7) is 0. The van der Waals surface area contributed by atoms with Crippen molar-refractivity contribution in [3.63, 3.8) is 0 Å². The first kappa shape index (κ1) is 24.7. The number of hydrogen-bond acceptors (Lipinski definition) is 7. The van der Waals surface area contributed by atoms with Gasteiger partial charge in [0.2, 0.25) is 17.9 Å². The number of anilines is 1. The van der Waals surface area contributed by atoms with Crippen LogP contribution in [0, 0.1) is 0 Å². The lowest BCUT2D eigenvalue weighted by molar-refractivity contribution is -0.198. The second-order valence-corrected chi connectivity index (χ2v) is 7.93. The van der Waals surface area contributed by atoms with Gasteiger partial charge in [-0.25, -0.2) is 4.98 Å². The number of furan rings is 1. The van der Waals surface area contributed by atoms with Gasteiger partial charge in [-0.2, -0.15) is 18.2 Å². The molecule has 8 nitrogen and oxygen atoms in total. The highest BCUT2D eigenvalue weighted by Gasteiger charge is 2.44. The zero-order chi connectivity index (χ0) is 25.9. The van der Waals surface area contributed by atoms with Crippen molar-refractivity contribution in [3.8, 4) is 28.3 Å². The number of rotatable bonds is 8. The Hall–Kier alpha value is -4.38. The van der Waals surface area contributed by atoms with Crippen LogP contribution in [0.25, 0.3) is 22.4 Å². The molecule has 0 amide bonds. The predicted molar refractivity (Wildman–Crippen MR) is 125 cm³/mol. The van der Waals surface area contributed by atoms with Crippen molar-refractivity contribution in [1.29, 1.82) is 0 Å². The summed E-state index contributed by atoms with van der Waals surface area (Å²) in [5, 5.41) is 8.96. The molecule has 0 aliphatic carbocycles. The summed E-state index contributed by atoms with van der Waals surface area (Å²) in [4.78, 5) is 18.9. The Balaban J connectivity index is 1.65. The molecule has 2 heterocycles. The smallest absolute Gasteiger partial charge is 0.429 e. The molecule has 4 rings (SSSR count). The molecule has 0 saturated heterocycles. The second-order valence-electron chi connectivity index (χ2n) is 7.93. The maximum atomic E-state index is 14.2. The molecule has 2 atom stereocenters. The maximum Gasteiger partial charge on any atom is 0.429 e. The van der Waals surface area contributed by atoms with E-state index in [0.717, 1.165) is 0 Å². The molecule has 0 aliphatic heterocycles. The number of benzene rings is 2. The number of aromatic nitrogens is 2. The van der Waals surface area contributed by atoms with E-state index in [0.29, 0.717) is 22.3 Å². The summed E-state index contributed by atoms with van der Waals surface area (Å²) in [5.41, 5.74) is 13.4. The van der Waals surface area contributed by atoms with E-state index in [4.69, 9.17) is 25.7 Å². The monoisotopic (exact) mass is 498 g/mol. The topological polar surface area (TPSA) is 137 Å². The molecular weight excluding hydrogens is 477 g/mol. The van der Waals surface area contributed by atoms with Crippen LogP contribution in [0.3, 0.4) is 0 Å². The van der Waals surface area contributed by atoms with Gasteiger partial charge in [0.25, 0.3) is 0 Å². The highest BCUT2D eigenvalue weighted by molar-refractivity contribution is 5.73. The number of carbonyl (C=O) groups is 1. The zero-order valence-corrected chi connectivity index (χ0v) is 18.6. The number of alkyl halides is 3. The Morgan fingerprint density at radius 2 is 1.78 bits per heavy atom. The molecule has 0 bridgehead atoms. The molecule has 0 aliphatic rings. The Morgan fingerprint density at radius 1 is 1.06 bits per heavy atom. The van der Waals surface area contributed by atoms with Gasteiger partial charge in [0.15, 0.2) is 0 Å². The summed E-state index contributed by atoms with van der Waals surface area (Å²) in [5.74, 6) is -1.76. The Bertz CT molecular complexity index is 1340. The Morgan fingerprint density at radius 3 is 2.42 bits per heavy atom. The van der Waals surface area contributed by atoms with Gasteiger partial charge in [-0.3, -0.25) is 4.79 Å². The number of aliphatic carboxylic acids is 1. The largest absolute Gasteiger partial charge is 0.480 e. The molecule has 0 saturated carbocycles. The van der Waals surface area contributed by atoms with Crippen LogP contribution in [0.4, 0.5) is 19.1 Å². The zero-order valence-electron chi connectivity index (χ0n) is 18.6. The van der Waals surface area contributed by atoms with E-state index in [1.807, 2.05) is 0 Å². The van der Waals surface area contributed by atoms with Crippen molar-refractivity contribution in [3.05, 3.63) is 84.3 Å². The number of halogens is 3. The minimum atomic E-state index is -4.77. The molecule has 186 valence electrons. The van der Waals surface area contributed by atoms with Crippen LogP contribution in [0.15, 0.2) is 77.6 Å². The molecule has 0 spiro atoms. The van der Waals surface area contributed by atoms with Crippen molar-refractivity contribution in [2.24, 2.45) is 5.73 Å². The predicted octanol–water partition coefficient (Wildman–Crippen LogP) is 4.62. The lowest BCUT2D eigenvalue weighted by Crippen LogP contribution is -2.32. The molecule has 4 aromatic rings. The van der Waals surface area contributed by atoms with Crippen LogP contribution < -0.4 is 16.2 Å². The molecule has 2 aromatic heterocycles. The summed E-state index contributed by atoms with van der Waals surface area (Å²) in [7, 11) is 0. The van der Waals surface area contributed by atoms with Gasteiger partial charge >= 0.3 is 12.1 Å². The van der Waals surface area contributed by atoms with Crippen LogP contribution in [0.1, 0.15) is 17.2 Å². The van der Waals surface area contributed by atoms with Gasteiger partial charge in [0.1, 0.15) is 6.04 Å². The second kappa shape index (κ2) is 10.1. The number of nitrogens with two attached hydrogens (primary N) is 2. The first-order valence-corrected chi connectivity index (χ1v) is 10.7. The summed E-state index contributed by atoms with van der Waals surface area (Å²) >= 11 is 0. The number of nitrogens with zero attached hydrogens (tertiary/aromatic N) is 2. The van der Waals surface area contributed by atoms with Gasteiger partial charge in [0.05, 0.1) is 18.2 Å². The number of nitrogen functional groups attached to an aromatic ring is 1. The number of carboxylic acid groups (broad SMARTS) is 1. The number of ether oxygens (including phenoxy) is 1. The van der Waals surface area contributed by atoms with Crippen LogP contribution in [-0.4, -0.2) is 33.3 Å². The van der Waals surface area contributed by atoms with Crippen LogP contribution in [-0.2, 0) is 11.2 Å². The molecule has 2 aromatic carbocycles. The van der Waals surface area contributed by atoms with Crippen LogP contribution in [0.2, 0.25) is 0 Å². The van der Waals surface area contributed by atoms with Crippen molar-refractivity contribution < 1.29 is 32.2 Å². The standard InChI is InChI=1S/C25H21F3N4O4/c26-25(27,28)22(18-4-2-1-3-17(18)16-9-10-35-13-16)36-21-12-20(31-24(30)32-21)15-7-5-14(6-8-15)11-19(29)23(33)34/h1-10,12-13,19,22H,11,29H2,(H,33,34)(H2,30,31,32)/t19-,22?/m0/s1. The fourth-order valence-corrected chi connectivity index (χ4v) is 3.64. The molecule has 0 fully saturated rings. The molecule has 1 unspecified atom stereocenters. The average Bonchev–Trinajstić information content (AvgIpc) is 3.37. The number of carboxylic acids is 1. The van der Waals surface area contributed by atoms with E-state index in [1.165, 1.54) is 30.7 Å². The van der Waals surface area contributed by atoms with E-state index in [9.17, 15) is 18.0 Å². The summed E-state index contributed by atoms with van der Waals surface area (Å²) < 4.78 is 52.9. The highest BCUT2D eigenvalue weighted by atomic mass is 19.4. The normalized spacial score (nSPS) is 13.2. The minimum Gasteiger partial charge on any atom is -0.480 e. The van der Waals surface area contributed by atoms with Crippen LogP contribution >= 0.6 is 0 Å². The van der Waals surface area contributed by atoms with E-state index >= 15 is 0 Å². The lowest BCUT2D eigenvalue weighted by atomic mass is 9.97. The third-order valence-electron chi connectivity index (χ3n) is 5.35. The van der Waals surface area contributed by atoms with E-state index in [1.54, 1.807) is 42.5 Å². The van der Waals surface area contributed by atoms with E-state index in [2.05, 4.69) is 9.97 Å². The van der Waals surface area contributed by atoms with Gasteiger partial charge in [-0.05, 0) is 23.6 Å². The lowest BCUT2D eigenvalue weighted by Gasteiger charge is -2.24. The highest BCUT2D eigenvalue weighted by Crippen LogP contribution is 2.41. The third kappa shape index (κ3) is 5.63. The van der Waals surface area contributed by atoms with Crippen molar-refractivity contribution >= 4 is 11.9 Å². The van der Waals surface area contributed by atoms with Crippen molar-refractivity contribution in [1.82, 2.24) is 9.97 Å². The molecule has 0 radical (unpaired) electrons. The third-order valence-corrected chi connectivity index (χ3v) is 5.35. The SMILES string of the molecule is Nc1nc(OC(c2ccccc2-c2ccoc2)C(F)(F)F)cc(-c2ccc(C[C@H](N)C(=O)O)cc2)n1. The van der Waals surface area contributed by atoms with E-state index < -0.39 is 24.3 Å². The number of hydrogen-bond donors (Lipinski definition) is 3. The summed E-state index contributed by atoms with van der Waals surface area (Å²) in [6.07, 6.45) is -4.29. The van der Waals surface area contributed by atoms with Gasteiger partial charge in [0, 0.05) is 22.8 Å². The first-order chi connectivity index (χ1) is 17.1. The molecule has 11 heteroatoms. The average molecular weight is 498 g/mol. The van der Waals surface area contributed by atoms with Gasteiger partial charge in [-0.1, -0.05) is 48.5 Å². The van der Waals surface area contributed by atoms with Gasteiger partial charge < -0.3 is 25.7 Å². The summed E-state index contributed by atoms with van der Waals surface area (Å²) in [6, 6.07) is 14.3. The van der Waals surface area contributed by atoms with Crippen molar-refractivity contribution in [2.75, 3.05) is 5.73 Å².